The second kappa shape index (κ2) is 5.18. The Kier molecular flexibility index (Phi) is 4.18. The van der Waals surface area contributed by atoms with Gasteiger partial charge in [0.25, 0.3) is 0 Å². The highest BCUT2D eigenvalue weighted by atomic mass is 16.1. The molecule has 80 valence electrons. The minimum absolute atomic E-state index is 0.243. The number of amides is 1. The Bertz CT molecular complexity index is 237. The van der Waals surface area contributed by atoms with E-state index in [1.807, 2.05) is 6.92 Å². The maximum atomic E-state index is 11.1. The summed E-state index contributed by atoms with van der Waals surface area (Å²) in [7, 11) is 0. The Morgan fingerprint density at radius 2 is 1.86 bits per heavy atom. The van der Waals surface area contributed by atoms with E-state index in [1.54, 1.807) is 0 Å². The van der Waals surface area contributed by atoms with E-state index in [9.17, 15) is 4.79 Å². The van der Waals surface area contributed by atoms with Crippen LogP contribution in [-0.2, 0) is 4.79 Å². The molecule has 1 rings (SSSR count). The molecular formula is C12H21NO. The molecule has 0 heterocycles. The number of carbonyl (C=O) groups excluding carboxylic acids is 1. The molecular weight excluding hydrogens is 174 g/mol. The average Bonchev–Trinajstić information content (AvgIpc) is 2.20. The molecule has 2 N–H and O–H groups in total. The maximum Gasteiger partial charge on any atom is 0.244 e. The molecule has 1 saturated carbocycles. The van der Waals surface area contributed by atoms with E-state index in [4.69, 9.17) is 5.73 Å². The first kappa shape index (κ1) is 11.3. The zero-order valence-electron chi connectivity index (χ0n) is 9.31. The molecule has 14 heavy (non-hydrogen) atoms. The van der Waals surface area contributed by atoms with Crippen molar-refractivity contribution in [3.63, 3.8) is 0 Å². The second-order valence-corrected chi connectivity index (χ2v) is 4.20. The fraction of sp³-hybridized carbons (Fsp3) is 0.750. The molecule has 0 aromatic heterocycles. The third-order valence-corrected chi connectivity index (χ3v) is 3.33. The summed E-state index contributed by atoms with van der Waals surface area (Å²) in [6, 6.07) is 0. The van der Waals surface area contributed by atoms with Crippen LogP contribution in [0.1, 0.15) is 52.4 Å². The standard InChI is InChI=1S/C12H21NO/c1-3-11(9(2)12(13)14)10-7-5-4-6-8-10/h10H,3-8H2,1-2H3,(H2,13,14)/b11-9-. The van der Waals surface area contributed by atoms with Crippen molar-refractivity contribution in [1.82, 2.24) is 0 Å². The Labute approximate surface area is 86.6 Å². The summed E-state index contributed by atoms with van der Waals surface area (Å²) in [5.41, 5.74) is 7.43. The van der Waals surface area contributed by atoms with Gasteiger partial charge in [0.05, 0.1) is 0 Å². The quantitative estimate of drug-likeness (QED) is 0.691. The van der Waals surface area contributed by atoms with Crippen molar-refractivity contribution in [1.29, 1.82) is 0 Å². The molecule has 0 atom stereocenters. The van der Waals surface area contributed by atoms with Crippen molar-refractivity contribution in [2.75, 3.05) is 0 Å². The van der Waals surface area contributed by atoms with E-state index in [2.05, 4.69) is 6.92 Å². The fourth-order valence-electron chi connectivity index (χ4n) is 2.47. The number of carbonyl (C=O) groups is 1. The minimum atomic E-state index is -0.243. The normalized spacial score (nSPS) is 20.4. The van der Waals surface area contributed by atoms with Crippen LogP contribution in [0.5, 0.6) is 0 Å². The molecule has 2 nitrogen and oxygen atoms in total. The fourth-order valence-corrected chi connectivity index (χ4v) is 2.47. The molecule has 0 saturated heterocycles. The SMILES string of the molecule is CC/C(=C(\C)C(N)=O)C1CCCCC1. The van der Waals surface area contributed by atoms with Crippen molar-refractivity contribution in [3.8, 4) is 0 Å². The summed E-state index contributed by atoms with van der Waals surface area (Å²) in [5, 5.41) is 0. The van der Waals surface area contributed by atoms with Gasteiger partial charge in [-0.25, -0.2) is 0 Å². The zero-order valence-corrected chi connectivity index (χ0v) is 9.31. The highest BCUT2D eigenvalue weighted by molar-refractivity contribution is 5.92. The zero-order chi connectivity index (χ0) is 10.6. The Morgan fingerprint density at radius 3 is 2.29 bits per heavy atom. The van der Waals surface area contributed by atoms with Crippen LogP contribution >= 0.6 is 0 Å². The lowest BCUT2D eigenvalue weighted by molar-refractivity contribution is -0.114. The number of hydrogen-bond acceptors (Lipinski definition) is 1. The molecule has 1 amide bonds. The van der Waals surface area contributed by atoms with Crippen LogP contribution in [0.15, 0.2) is 11.1 Å². The van der Waals surface area contributed by atoms with E-state index in [1.165, 1.54) is 37.7 Å². The topological polar surface area (TPSA) is 43.1 Å². The average molecular weight is 195 g/mol. The Hall–Kier alpha value is -0.790. The minimum Gasteiger partial charge on any atom is -0.366 e. The van der Waals surface area contributed by atoms with Crippen LogP contribution in [0.4, 0.5) is 0 Å². The van der Waals surface area contributed by atoms with Crippen LogP contribution in [0.3, 0.4) is 0 Å². The predicted molar refractivity (Wildman–Crippen MR) is 58.8 cm³/mol. The first-order chi connectivity index (χ1) is 6.66. The van der Waals surface area contributed by atoms with Crippen LogP contribution in [0, 0.1) is 5.92 Å². The third kappa shape index (κ3) is 2.60. The van der Waals surface area contributed by atoms with Gasteiger partial charge in [0.2, 0.25) is 5.91 Å². The number of nitrogens with two attached hydrogens (primary N) is 1. The van der Waals surface area contributed by atoms with Gasteiger partial charge in [-0.3, -0.25) is 4.79 Å². The van der Waals surface area contributed by atoms with E-state index >= 15 is 0 Å². The third-order valence-electron chi connectivity index (χ3n) is 3.33. The molecule has 2 heteroatoms. The lowest BCUT2D eigenvalue weighted by atomic mass is 9.81. The summed E-state index contributed by atoms with van der Waals surface area (Å²) in [4.78, 5) is 11.1. The van der Waals surface area contributed by atoms with E-state index in [0.29, 0.717) is 5.92 Å². The molecule has 0 bridgehead atoms. The molecule has 1 aliphatic rings. The summed E-state index contributed by atoms with van der Waals surface area (Å²) < 4.78 is 0. The number of hydrogen-bond donors (Lipinski definition) is 1. The van der Waals surface area contributed by atoms with Crippen molar-refractivity contribution in [2.24, 2.45) is 11.7 Å². The van der Waals surface area contributed by atoms with Gasteiger partial charge in [-0.2, -0.15) is 0 Å². The highest BCUT2D eigenvalue weighted by Crippen LogP contribution is 2.32. The lowest BCUT2D eigenvalue weighted by Crippen LogP contribution is -2.18. The van der Waals surface area contributed by atoms with Gasteiger partial charge in [0, 0.05) is 5.57 Å². The van der Waals surface area contributed by atoms with Crippen LogP contribution < -0.4 is 5.73 Å². The van der Waals surface area contributed by atoms with Gasteiger partial charge >= 0.3 is 0 Å². The maximum absolute atomic E-state index is 11.1. The molecule has 1 fully saturated rings. The Morgan fingerprint density at radius 1 is 1.29 bits per heavy atom. The predicted octanol–water partition coefficient (Wildman–Crippen LogP) is 2.78. The van der Waals surface area contributed by atoms with Crippen LogP contribution in [-0.4, -0.2) is 5.91 Å². The summed E-state index contributed by atoms with van der Waals surface area (Å²) in [5.74, 6) is 0.383. The molecule has 0 aromatic rings. The number of allylic oxidation sites excluding steroid dienone is 1. The highest BCUT2D eigenvalue weighted by Gasteiger charge is 2.19. The Balaban J connectivity index is 2.78. The smallest absolute Gasteiger partial charge is 0.244 e. The van der Waals surface area contributed by atoms with Gasteiger partial charge in [-0.1, -0.05) is 31.8 Å². The molecule has 0 aromatic carbocycles. The summed E-state index contributed by atoms with van der Waals surface area (Å²) in [6.45, 7) is 3.99. The largest absolute Gasteiger partial charge is 0.366 e. The first-order valence-electron chi connectivity index (χ1n) is 5.66. The first-order valence-corrected chi connectivity index (χ1v) is 5.66. The van der Waals surface area contributed by atoms with Crippen molar-refractivity contribution >= 4 is 5.91 Å². The van der Waals surface area contributed by atoms with Crippen LogP contribution in [0.25, 0.3) is 0 Å². The van der Waals surface area contributed by atoms with E-state index in [-0.39, 0.29) is 5.91 Å². The van der Waals surface area contributed by atoms with Crippen molar-refractivity contribution in [2.45, 2.75) is 52.4 Å². The van der Waals surface area contributed by atoms with Gasteiger partial charge < -0.3 is 5.73 Å². The van der Waals surface area contributed by atoms with Crippen LogP contribution in [0.2, 0.25) is 0 Å². The number of rotatable bonds is 3. The summed E-state index contributed by atoms with van der Waals surface area (Å²) in [6.07, 6.45) is 7.42. The van der Waals surface area contributed by atoms with Crippen molar-refractivity contribution in [3.05, 3.63) is 11.1 Å². The van der Waals surface area contributed by atoms with Gasteiger partial charge in [0.15, 0.2) is 0 Å². The molecule has 0 unspecified atom stereocenters. The molecule has 1 aliphatic carbocycles. The molecule has 0 aliphatic heterocycles. The summed E-state index contributed by atoms with van der Waals surface area (Å²) >= 11 is 0. The van der Waals surface area contributed by atoms with Gasteiger partial charge in [0.1, 0.15) is 0 Å². The van der Waals surface area contributed by atoms with Crippen molar-refractivity contribution < 1.29 is 4.79 Å². The molecule has 0 radical (unpaired) electrons. The molecule has 0 spiro atoms. The van der Waals surface area contributed by atoms with Gasteiger partial charge in [-0.05, 0) is 32.1 Å². The number of primary amides is 1. The second-order valence-electron chi connectivity index (χ2n) is 4.20. The monoisotopic (exact) mass is 195 g/mol. The van der Waals surface area contributed by atoms with Gasteiger partial charge in [-0.15, -0.1) is 0 Å². The lowest BCUT2D eigenvalue weighted by Gasteiger charge is -2.25. The van der Waals surface area contributed by atoms with E-state index < -0.39 is 0 Å². The van der Waals surface area contributed by atoms with E-state index in [0.717, 1.165) is 12.0 Å².